The van der Waals surface area contributed by atoms with E-state index in [9.17, 15) is 8.42 Å². The van der Waals surface area contributed by atoms with Crippen molar-refractivity contribution in [1.82, 2.24) is 14.2 Å². The van der Waals surface area contributed by atoms with Crippen molar-refractivity contribution in [2.75, 3.05) is 26.3 Å². The fourth-order valence-electron chi connectivity index (χ4n) is 3.07. The largest absolute Gasteiger partial charge is 0.379 e. The molecular weight excluding hydrogens is 306 g/mol. The summed E-state index contributed by atoms with van der Waals surface area (Å²) in [7, 11) is -3.43. The maximum Gasteiger partial charge on any atom is 0.279 e. The van der Waals surface area contributed by atoms with E-state index in [4.69, 9.17) is 9.26 Å². The van der Waals surface area contributed by atoms with Gasteiger partial charge in [0.15, 0.2) is 0 Å². The normalized spacial score (nSPS) is 27.3. The van der Waals surface area contributed by atoms with Crippen LogP contribution >= 0.6 is 0 Å². The van der Waals surface area contributed by atoms with Crippen molar-refractivity contribution in [1.29, 1.82) is 0 Å². The van der Waals surface area contributed by atoms with E-state index in [1.165, 1.54) is 0 Å². The Morgan fingerprint density at radius 2 is 2.09 bits per heavy atom. The minimum Gasteiger partial charge on any atom is -0.379 e. The summed E-state index contributed by atoms with van der Waals surface area (Å²) in [4.78, 5) is 0. The molecule has 2 aliphatic rings. The Hall–Kier alpha value is -0.960. The maximum atomic E-state index is 12.5. The smallest absolute Gasteiger partial charge is 0.279 e. The molecule has 0 radical (unpaired) electrons. The summed E-state index contributed by atoms with van der Waals surface area (Å²) in [5.41, 5.74) is 0.833. The Morgan fingerprint density at radius 1 is 1.32 bits per heavy atom. The first-order valence-electron chi connectivity index (χ1n) is 7.82. The third-order valence-corrected chi connectivity index (χ3v) is 5.94. The molecule has 0 bridgehead atoms. The topological polar surface area (TPSA) is 84.7 Å². The second-order valence-corrected chi connectivity index (χ2v) is 7.83. The van der Waals surface area contributed by atoms with Crippen molar-refractivity contribution in [2.45, 2.75) is 38.6 Å². The van der Waals surface area contributed by atoms with E-state index in [1.807, 2.05) is 13.0 Å². The second kappa shape index (κ2) is 6.66. The van der Waals surface area contributed by atoms with Crippen molar-refractivity contribution in [2.24, 2.45) is 5.92 Å². The minimum absolute atomic E-state index is 0.0758. The average Bonchev–Trinajstić information content (AvgIpc) is 3.10. The zero-order chi connectivity index (χ0) is 15.6. The fourth-order valence-corrected chi connectivity index (χ4v) is 4.60. The van der Waals surface area contributed by atoms with Gasteiger partial charge >= 0.3 is 0 Å². The van der Waals surface area contributed by atoms with Crippen LogP contribution in [0.2, 0.25) is 0 Å². The van der Waals surface area contributed by atoms with E-state index >= 15 is 0 Å². The molecule has 7 nitrogen and oxygen atoms in total. The molecule has 0 unspecified atom stereocenters. The summed E-state index contributed by atoms with van der Waals surface area (Å²) in [6.07, 6.45) is 3.60. The Balaban J connectivity index is 1.62. The third kappa shape index (κ3) is 3.68. The number of aromatic nitrogens is 1. The van der Waals surface area contributed by atoms with Gasteiger partial charge in [-0.15, -0.1) is 0 Å². The maximum absolute atomic E-state index is 12.5. The molecule has 1 aromatic heterocycles. The van der Waals surface area contributed by atoms with Crippen LogP contribution in [0.5, 0.6) is 0 Å². The first kappa shape index (κ1) is 15.9. The first-order valence-corrected chi connectivity index (χ1v) is 9.26. The third-order valence-electron chi connectivity index (χ3n) is 4.29. The van der Waals surface area contributed by atoms with Crippen LogP contribution in [0.4, 0.5) is 0 Å². The van der Waals surface area contributed by atoms with Gasteiger partial charge in [-0.3, -0.25) is 0 Å². The van der Waals surface area contributed by atoms with Gasteiger partial charge in [0.2, 0.25) is 0 Å². The van der Waals surface area contributed by atoms with E-state index in [-0.39, 0.29) is 12.0 Å². The Bertz CT molecular complexity index is 595. The van der Waals surface area contributed by atoms with Crippen molar-refractivity contribution in [3.05, 3.63) is 17.5 Å². The van der Waals surface area contributed by atoms with E-state index in [2.05, 4.69) is 9.88 Å². The molecular formula is C14H23N3O4S. The quantitative estimate of drug-likeness (QED) is 0.866. The van der Waals surface area contributed by atoms with Crippen LogP contribution in [-0.2, 0) is 21.4 Å². The Labute approximate surface area is 131 Å². The predicted molar refractivity (Wildman–Crippen MR) is 80.5 cm³/mol. The number of nitrogens with zero attached hydrogens (tertiary/aromatic N) is 2. The molecule has 2 aliphatic heterocycles. The molecule has 0 aliphatic carbocycles. The molecule has 2 fully saturated rings. The lowest BCUT2D eigenvalue weighted by atomic mass is 9.99. The highest BCUT2D eigenvalue weighted by Gasteiger charge is 2.35. The monoisotopic (exact) mass is 329 g/mol. The van der Waals surface area contributed by atoms with E-state index in [0.29, 0.717) is 32.7 Å². The lowest BCUT2D eigenvalue weighted by Gasteiger charge is -2.28. The number of hydrogen-bond acceptors (Lipinski definition) is 5. The van der Waals surface area contributed by atoms with E-state index < -0.39 is 10.2 Å². The van der Waals surface area contributed by atoms with Gasteiger partial charge in [0.1, 0.15) is 5.76 Å². The molecule has 2 atom stereocenters. The number of aryl methyl sites for hydroxylation is 1. The summed E-state index contributed by atoms with van der Waals surface area (Å²) in [5, 5.41) is 3.87. The van der Waals surface area contributed by atoms with Gasteiger partial charge in [0.05, 0.1) is 24.9 Å². The van der Waals surface area contributed by atoms with Crippen LogP contribution in [0.25, 0.3) is 0 Å². The van der Waals surface area contributed by atoms with Crippen molar-refractivity contribution >= 4 is 10.2 Å². The van der Waals surface area contributed by atoms with Crippen molar-refractivity contribution < 1.29 is 17.7 Å². The first-order chi connectivity index (χ1) is 10.5. The summed E-state index contributed by atoms with van der Waals surface area (Å²) in [6.45, 7) is 4.02. The summed E-state index contributed by atoms with van der Waals surface area (Å²) in [6, 6.07) is 1.67. The van der Waals surface area contributed by atoms with E-state index in [1.54, 1.807) is 4.31 Å². The van der Waals surface area contributed by atoms with Crippen LogP contribution in [-0.4, -0.2) is 50.2 Å². The van der Waals surface area contributed by atoms with Crippen LogP contribution in [0.3, 0.4) is 0 Å². The van der Waals surface area contributed by atoms with Gasteiger partial charge in [-0.05, 0) is 19.8 Å². The van der Waals surface area contributed by atoms with Crippen molar-refractivity contribution in [3.63, 3.8) is 0 Å². The van der Waals surface area contributed by atoms with E-state index in [0.717, 1.165) is 30.7 Å². The minimum atomic E-state index is -3.43. The highest BCUT2D eigenvalue weighted by Crippen LogP contribution is 2.21. The van der Waals surface area contributed by atoms with Gasteiger partial charge in [0, 0.05) is 31.5 Å². The van der Waals surface area contributed by atoms with Crippen LogP contribution in [0.15, 0.2) is 10.6 Å². The molecule has 0 saturated carbocycles. The lowest BCUT2D eigenvalue weighted by molar-refractivity contribution is 0.182. The van der Waals surface area contributed by atoms with Gasteiger partial charge in [-0.25, -0.2) is 0 Å². The average molecular weight is 329 g/mol. The highest BCUT2D eigenvalue weighted by atomic mass is 32.2. The fraction of sp³-hybridized carbons (Fsp3) is 0.786. The number of rotatable bonds is 5. The molecule has 0 spiro atoms. The summed E-state index contributed by atoms with van der Waals surface area (Å²) >= 11 is 0. The zero-order valence-electron chi connectivity index (χ0n) is 12.8. The lowest BCUT2D eigenvalue weighted by Crippen LogP contribution is -2.49. The predicted octanol–water partition coefficient (Wildman–Crippen LogP) is 0.861. The summed E-state index contributed by atoms with van der Waals surface area (Å²) < 4.78 is 40.0. The highest BCUT2D eigenvalue weighted by molar-refractivity contribution is 7.87. The molecule has 2 saturated heterocycles. The Morgan fingerprint density at radius 3 is 2.77 bits per heavy atom. The van der Waals surface area contributed by atoms with Crippen molar-refractivity contribution in [3.8, 4) is 0 Å². The van der Waals surface area contributed by atoms with Gasteiger partial charge in [-0.2, -0.15) is 17.4 Å². The molecule has 22 heavy (non-hydrogen) atoms. The van der Waals surface area contributed by atoms with Gasteiger partial charge in [-0.1, -0.05) is 11.6 Å². The second-order valence-electron chi connectivity index (χ2n) is 6.13. The molecule has 0 amide bonds. The molecule has 1 aromatic rings. The molecule has 0 aromatic carbocycles. The molecule has 1 N–H and O–H groups in total. The molecule has 3 heterocycles. The van der Waals surface area contributed by atoms with Gasteiger partial charge < -0.3 is 9.26 Å². The SMILES string of the molecule is Cc1cc(C[C@@H]2COC[C@@H]2NS(=O)(=O)N2CCCCC2)on1. The zero-order valence-corrected chi connectivity index (χ0v) is 13.6. The standard InChI is InChI=1S/C14H23N3O4S/c1-11-7-13(21-15-11)8-12-9-20-10-14(12)16-22(18,19)17-5-3-2-4-6-17/h7,12,14,16H,2-6,8-10H2,1H3/t12-,14+/m1/s1. The number of hydrogen-bond donors (Lipinski definition) is 1. The molecule has 3 rings (SSSR count). The molecule has 124 valence electrons. The molecule has 8 heteroatoms. The number of nitrogens with one attached hydrogen (secondary N) is 1. The van der Waals surface area contributed by atoms with Crippen LogP contribution in [0.1, 0.15) is 30.7 Å². The Kier molecular flexibility index (Phi) is 4.82. The van der Waals surface area contributed by atoms with Crippen LogP contribution in [0, 0.1) is 12.8 Å². The number of piperidine rings is 1. The van der Waals surface area contributed by atoms with Gasteiger partial charge in [0.25, 0.3) is 10.2 Å². The summed E-state index contributed by atoms with van der Waals surface area (Å²) in [5.74, 6) is 0.849. The van der Waals surface area contributed by atoms with Crippen LogP contribution < -0.4 is 4.72 Å². The number of ether oxygens (including phenoxy) is 1.